The van der Waals surface area contributed by atoms with Crippen molar-refractivity contribution in [1.29, 1.82) is 10.5 Å². The predicted molar refractivity (Wildman–Crippen MR) is 118 cm³/mol. The van der Waals surface area contributed by atoms with Gasteiger partial charge in [0, 0.05) is 17.2 Å². The van der Waals surface area contributed by atoms with Crippen molar-refractivity contribution in [3.05, 3.63) is 63.0 Å². The molecule has 8 nitrogen and oxygen atoms in total. The van der Waals surface area contributed by atoms with Gasteiger partial charge in [-0.3, -0.25) is 4.79 Å². The van der Waals surface area contributed by atoms with E-state index in [9.17, 15) is 10.1 Å². The van der Waals surface area contributed by atoms with E-state index in [-0.39, 0.29) is 5.69 Å². The summed E-state index contributed by atoms with van der Waals surface area (Å²) >= 11 is 9.50. The van der Waals surface area contributed by atoms with Gasteiger partial charge in [-0.1, -0.05) is 22.3 Å². The van der Waals surface area contributed by atoms with Gasteiger partial charge in [0.25, 0.3) is 5.91 Å². The van der Waals surface area contributed by atoms with Crippen molar-refractivity contribution in [2.45, 2.75) is 11.8 Å². The molecule has 1 unspecified atom stereocenters. The van der Waals surface area contributed by atoms with Gasteiger partial charge in [-0.2, -0.15) is 15.6 Å². The van der Waals surface area contributed by atoms with Gasteiger partial charge in [0.05, 0.1) is 22.3 Å². The van der Waals surface area contributed by atoms with E-state index in [1.807, 2.05) is 0 Å². The fraction of sp³-hybridized carbons (Fsp3) is 0.105. The van der Waals surface area contributed by atoms with Gasteiger partial charge in [0.1, 0.15) is 10.3 Å². The first-order chi connectivity index (χ1) is 14.3. The molecule has 0 bridgehead atoms. The largest absolute Gasteiger partial charge is 0.319 e. The number of benzene rings is 1. The Labute approximate surface area is 188 Å². The van der Waals surface area contributed by atoms with E-state index in [1.165, 1.54) is 4.68 Å². The van der Waals surface area contributed by atoms with Crippen molar-refractivity contribution in [2.75, 3.05) is 11.6 Å². The van der Waals surface area contributed by atoms with Crippen molar-refractivity contribution in [2.24, 2.45) is 4.36 Å². The van der Waals surface area contributed by atoms with Crippen LogP contribution in [-0.4, -0.2) is 26.9 Å². The minimum atomic E-state index is -0.847. The fourth-order valence-corrected chi connectivity index (χ4v) is 4.31. The smallest absolute Gasteiger partial charge is 0.274 e. The first-order valence-electron chi connectivity index (χ1n) is 8.34. The van der Waals surface area contributed by atoms with E-state index in [1.54, 1.807) is 55.9 Å². The van der Waals surface area contributed by atoms with Crippen LogP contribution in [0.15, 0.2) is 50.4 Å². The summed E-state index contributed by atoms with van der Waals surface area (Å²) in [6.07, 6.45) is 5.06. The fourth-order valence-electron chi connectivity index (χ4n) is 2.71. The topological polar surface area (TPSA) is 120 Å². The molecular formula is C19H13BrClN7OS. The number of nitrogens with one attached hydrogen (secondary N) is 1. The van der Waals surface area contributed by atoms with E-state index in [4.69, 9.17) is 16.9 Å². The van der Waals surface area contributed by atoms with E-state index >= 15 is 0 Å². The summed E-state index contributed by atoms with van der Waals surface area (Å²) in [6, 6.07) is 10.2. The second kappa shape index (κ2) is 9.18. The Morgan fingerprint density at radius 3 is 2.80 bits per heavy atom. The zero-order valence-electron chi connectivity index (χ0n) is 15.7. The second-order valence-corrected chi connectivity index (χ2v) is 8.77. The number of aromatic nitrogens is 3. The number of aryl methyl sites for hydroxylation is 1. The van der Waals surface area contributed by atoms with Crippen molar-refractivity contribution < 1.29 is 4.79 Å². The number of nitriles is 2. The number of carbonyl (C=O) groups excluding carboxylic acids is 1. The molecule has 2 aromatic heterocycles. The molecule has 11 heteroatoms. The highest BCUT2D eigenvalue weighted by Gasteiger charge is 2.21. The summed E-state index contributed by atoms with van der Waals surface area (Å²) in [5, 5.41) is 25.7. The molecule has 0 spiro atoms. The number of hydrogen-bond acceptors (Lipinski definition) is 6. The third-order valence-corrected chi connectivity index (χ3v) is 6.01. The molecule has 1 N–H and O–H groups in total. The molecule has 0 saturated carbocycles. The number of carbonyl (C=O) groups is 1. The van der Waals surface area contributed by atoms with Crippen LogP contribution in [0.1, 0.15) is 21.6 Å². The molecule has 1 aromatic carbocycles. The number of rotatable bonds is 4. The zero-order valence-corrected chi connectivity index (χ0v) is 18.9. The molecule has 0 saturated heterocycles. The molecule has 1 atom stereocenters. The highest BCUT2D eigenvalue weighted by Crippen LogP contribution is 2.28. The van der Waals surface area contributed by atoms with Crippen molar-refractivity contribution in [3.8, 4) is 18.1 Å². The molecule has 0 aliphatic rings. The minimum Gasteiger partial charge on any atom is -0.319 e. The third kappa shape index (κ3) is 4.41. The zero-order chi connectivity index (χ0) is 21.8. The van der Waals surface area contributed by atoms with Crippen LogP contribution in [-0.2, 0) is 10.7 Å². The molecule has 3 rings (SSSR count). The highest BCUT2D eigenvalue weighted by molar-refractivity contribution is 9.10. The van der Waals surface area contributed by atoms with Gasteiger partial charge in [-0.05, 0) is 58.9 Å². The van der Waals surface area contributed by atoms with Crippen LogP contribution in [0, 0.1) is 29.7 Å². The summed E-state index contributed by atoms with van der Waals surface area (Å²) in [7, 11) is -0.847. The lowest BCUT2D eigenvalue weighted by Crippen LogP contribution is -2.19. The first-order valence-corrected chi connectivity index (χ1v) is 11.1. The minimum absolute atomic E-state index is 0.199. The number of halogens is 2. The number of amides is 1. The Morgan fingerprint density at radius 1 is 1.37 bits per heavy atom. The molecule has 30 heavy (non-hydrogen) atoms. The molecule has 1 amide bonds. The van der Waals surface area contributed by atoms with Crippen molar-refractivity contribution >= 4 is 49.8 Å². The van der Waals surface area contributed by atoms with Gasteiger partial charge in [0.2, 0.25) is 6.19 Å². The first kappa shape index (κ1) is 21.7. The van der Waals surface area contributed by atoms with Crippen molar-refractivity contribution in [1.82, 2.24) is 14.8 Å². The maximum absolute atomic E-state index is 13.2. The van der Waals surface area contributed by atoms with Crippen molar-refractivity contribution in [3.63, 3.8) is 0 Å². The van der Waals surface area contributed by atoms with Gasteiger partial charge in [0.15, 0.2) is 5.82 Å². The maximum atomic E-state index is 13.2. The van der Waals surface area contributed by atoms with Gasteiger partial charge in [-0.15, -0.1) is 4.36 Å². The summed E-state index contributed by atoms with van der Waals surface area (Å²) < 4.78 is 5.62. The summed E-state index contributed by atoms with van der Waals surface area (Å²) in [5.74, 6) is -0.153. The maximum Gasteiger partial charge on any atom is 0.274 e. The van der Waals surface area contributed by atoms with E-state index in [0.717, 1.165) is 0 Å². The molecule has 0 radical (unpaired) electrons. The summed E-state index contributed by atoms with van der Waals surface area (Å²) in [5.41, 5.74) is 1.78. The normalized spacial score (nSPS) is 11.5. The molecule has 0 aliphatic carbocycles. The van der Waals surface area contributed by atoms with Crippen LogP contribution in [0.3, 0.4) is 0 Å². The summed E-state index contributed by atoms with van der Waals surface area (Å²) in [4.78, 5) is 17.9. The van der Waals surface area contributed by atoms with E-state index < -0.39 is 16.6 Å². The molecule has 0 aliphatic heterocycles. The molecular weight excluding hydrogens is 490 g/mol. The van der Waals surface area contributed by atoms with E-state index in [0.29, 0.717) is 37.2 Å². The number of pyridine rings is 1. The third-order valence-electron chi connectivity index (χ3n) is 4.01. The van der Waals surface area contributed by atoms with Gasteiger partial charge < -0.3 is 5.32 Å². The monoisotopic (exact) mass is 501 g/mol. The summed E-state index contributed by atoms with van der Waals surface area (Å²) in [6.45, 7) is 1.77. The standard InChI is InChI=1S/C19H13BrClN7OS/c1-11-6-12(9-22)7-15(30(2)25-10-23)17(11)26-19(29)14-8-16(20)27-28(14)18-13(21)4-3-5-24-18/h3-8H,1-2H3,(H,26,29). The Balaban J connectivity index is 2.09. The van der Waals surface area contributed by atoms with Crippen LogP contribution < -0.4 is 5.32 Å². The van der Waals surface area contributed by atoms with Crippen LogP contribution in [0.25, 0.3) is 5.82 Å². The Bertz CT molecular complexity index is 1270. The second-order valence-electron chi connectivity index (χ2n) is 5.97. The molecule has 150 valence electrons. The lowest BCUT2D eigenvalue weighted by Gasteiger charge is -2.15. The average molecular weight is 503 g/mol. The predicted octanol–water partition coefficient (Wildman–Crippen LogP) is 4.39. The van der Waals surface area contributed by atoms with Crippen LogP contribution in [0.5, 0.6) is 0 Å². The number of hydrogen-bond donors (Lipinski definition) is 1. The lowest BCUT2D eigenvalue weighted by molar-refractivity contribution is 0.101. The number of anilines is 1. The quantitative estimate of drug-likeness (QED) is 0.531. The van der Waals surface area contributed by atoms with Crippen LogP contribution in [0.2, 0.25) is 5.02 Å². The Kier molecular flexibility index (Phi) is 6.63. The van der Waals surface area contributed by atoms with Gasteiger partial charge >= 0.3 is 0 Å². The lowest BCUT2D eigenvalue weighted by atomic mass is 10.1. The molecule has 2 heterocycles. The Hall–Kier alpha value is -3.05. The highest BCUT2D eigenvalue weighted by atomic mass is 79.9. The van der Waals surface area contributed by atoms with Crippen LogP contribution >= 0.6 is 27.5 Å². The van der Waals surface area contributed by atoms with Gasteiger partial charge in [-0.25, -0.2) is 9.67 Å². The molecule has 3 aromatic rings. The van der Waals surface area contributed by atoms with E-state index in [2.05, 4.69) is 41.8 Å². The number of nitrogens with zero attached hydrogens (tertiary/aromatic N) is 6. The molecule has 0 fully saturated rings. The Morgan fingerprint density at radius 2 is 2.13 bits per heavy atom. The SMILES string of the molecule is Cc1cc(C#N)cc(/S(C)=N/C#N)c1NC(=O)c1cc(Br)nn1-c1ncccc1Cl. The van der Waals surface area contributed by atoms with Crippen LogP contribution in [0.4, 0.5) is 5.69 Å². The average Bonchev–Trinajstić information content (AvgIpc) is 3.11.